The van der Waals surface area contributed by atoms with Gasteiger partial charge >= 0.3 is 5.97 Å². The number of ketones is 1. The maximum absolute atomic E-state index is 11.9. The number of benzene rings is 1. The van der Waals surface area contributed by atoms with Crippen molar-refractivity contribution >= 4 is 17.4 Å². The third kappa shape index (κ3) is 3.95. The standard InChI is InChI=1S/C16H19NO3/c1-2-16(19)20-9-3-4-14(18)11-12-5-6-15-13(10-12)7-8-17-15/h2,5-6,10,17H,1,3-4,7-9,11H2. The number of Topliss-reactive ketones (excluding diaryl/α,β-unsaturated/α-hetero) is 1. The maximum atomic E-state index is 11.9. The fourth-order valence-corrected chi connectivity index (χ4v) is 2.29. The van der Waals surface area contributed by atoms with Crippen LogP contribution in [0.3, 0.4) is 0 Å². The van der Waals surface area contributed by atoms with Gasteiger partial charge in [-0.1, -0.05) is 18.7 Å². The van der Waals surface area contributed by atoms with Crippen molar-refractivity contribution in [3.63, 3.8) is 0 Å². The molecule has 0 atom stereocenters. The summed E-state index contributed by atoms with van der Waals surface area (Å²) >= 11 is 0. The fraction of sp³-hybridized carbons (Fsp3) is 0.375. The number of fused-ring (bicyclic) bond motifs is 1. The Morgan fingerprint density at radius 3 is 3.05 bits per heavy atom. The molecule has 2 rings (SSSR count). The molecule has 1 aromatic carbocycles. The molecule has 0 amide bonds. The van der Waals surface area contributed by atoms with Crippen molar-refractivity contribution < 1.29 is 14.3 Å². The van der Waals surface area contributed by atoms with Gasteiger partial charge in [0.25, 0.3) is 0 Å². The average molecular weight is 273 g/mol. The van der Waals surface area contributed by atoms with Crippen molar-refractivity contribution in [1.29, 1.82) is 0 Å². The van der Waals surface area contributed by atoms with E-state index in [0.717, 1.165) is 24.6 Å². The topological polar surface area (TPSA) is 55.4 Å². The summed E-state index contributed by atoms with van der Waals surface area (Å²) in [6.45, 7) is 4.55. The lowest BCUT2D eigenvalue weighted by Gasteiger charge is -2.05. The van der Waals surface area contributed by atoms with E-state index < -0.39 is 5.97 Å². The highest BCUT2D eigenvalue weighted by Gasteiger charge is 2.11. The van der Waals surface area contributed by atoms with Gasteiger partial charge in [0.1, 0.15) is 5.78 Å². The number of hydrogen-bond acceptors (Lipinski definition) is 4. The predicted molar refractivity (Wildman–Crippen MR) is 77.7 cm³/mol. The van der Waals surface area contributed by atoms with Crippen LogP contribution in [-0.4, -0.2) is 24.9 Å². The number of carbonyl (C=O) groups is 2. The highest BCUT2D eigenvalue weighted by molar-refractivity contribution is 5.82. The van der Waals surface area contributed by atoms with E-state index in [1.165, 1.54) is 11.3 Å². The van der Waals surface area contributed by atoms with Crippen LogP contribution < -0.4 is 5.32 Å². The first kappa shape index (κ1) is 14.3. The predicted octanol–water partition coefficient (Wildman–Crippen LogP) is 2.28. The normalized spacial score (nSPS) is 12.4. The molecule has 0 bridgehead atoms. The van der Waals surface area contributed by atoms with Crippen molar-refractivity contribution in [3.8, 4) is 0 Å². The van der Waals surface area contributed by atoms with E-state index in [1.54, 1.807) is 0 Å². The van der Waals surface area contributed by atoms with Gasteiger partial charge in [0.2, 0.25) is 0 Å². The Morgan fingerprint density at radius 1 is 1.40 bits per heavy atom. The Balaban J connectivity index is 1.74. The van der Waals surface area contributed by atoms with Gasteiger partial charge in [0.15, 0.2) is 0 Å². The minimum atomic E-state index is -0.441. The van der Waals surface area contributed by atoms with Gasteiger partial charge in [-0.15, -0.1) is 0 Å². The van der Waals surface area contributed by atoms with Crippen molar-refractivity contribution in [2.75, 3.05) is 18.5 Å². The van der Waals surface area contributed by atoms with Crippen LogP contribution in [0.15, 0.2) is 30.9 Å². The van der Waals surface area contributed by atoms with E-state index in [9.17, 15) is 9.59 Å². The first-order chi connectivity index (χ1) is 9.69. The molecular formula is C16H19NO3. The third-order valence-corrected chi connectivity index (χ3v) is 3.29. The molecule has 0 aromatic heterocycles. The first-order valence-electron chi connectivity index (χ1n) is 6.85. The molecule has 4 nitrogen and oxygen atoms in total. The number of carbonyl (C=O) groups excluding carboxylic acids is 2. The number of rotatable bonds is 7. The molecule has 1 N–H and O–H groups in total. The summed E-state index contributed by atoms with van der Waals surface area (Å²) in [6.07, 6.45) is 3.59. The zero-order valence-corrected chi connectivity index (χ0v) is 11.5. The lowest BCUT2D eigenvalue weighted by molar-refractivity contribution is -0.138. The second-order valence-corrected chi connectivity index (χ2v) is 4.86. The van der Waals surface area contributed by atoms with Gasteiger partial charge in [0.05, 0.1) is 6.61 Å². The summed E-state index contributed by atoms with van der Waals surface area (Å²) in [5.74, 6) is -0.269. The zero-order chi connectivity index (χ0) is 14.4. The van der Waals surface area contributed by atoms with Crippen molar-refractivity contribution in [2.45, 2.75) is 25.7 Å². The molecule has 0 aliphatic carbocycles. The summed E-state index contributed by atoms with van der Waals surface area (Å²) in [5.41, 5.74) is 3.52. The van der Waals surface area contributed by atoms with Gasteiger partial charge in [-0.25, -0.2) is 4.79 Å². The smallest absolute Gasteiger partial charge is 0.330 e. The molecule has 0 fully saturated rings. The Kier molecular flexibility index (Phi) is 4.93. The molecule has 1 aliphatic rings. The van der Waals surface area contributed by atoms with Gasteiger partial charge in [-0.2, -0.15) is 0 Å². The van der Waals surface area contributed by atoms with E-state index in [2.05, 4.69) is 18.0 Å². The SMILES string of the molecule is C=CC(=O)OCCCC(=O)Cc1ccc2c(c1)CCN2. The molecule has 1 heterocycles. The monoisotopic (exact) mass is 273 g/mol. The second kappa shape index (κ2) is 6.89. The van der Waals surface area contributed by atoms with Crippen LogP contribution in [-0.2, 0) is 27.2 Å². The van der Waals surface area contributed by atoms with Crippen molar-refractivity contribution in [3.05, 3.63) is 42.0 Å². The van der Waals surface area contributed by atoms with Crippen molar-refractivity contribution in [2.24, 2.45) is 0 Å². The number of anilines is 1. The van der Waals surface area contributed by atoms with Crippen LogP contribution in [0, 0.1) is 0 Å². The molecule has 106 valence electrons. The van der Waals surface area contributed by atoms with Crippen LogP contribution in [0.5, 0.6) is 0 Å². The number of ether oxygens (including phenoxy) is 1. The molecule has 4 heteroatoms. The van der Waals surface area contributed by atoms with Gasteiger partial charge < -0.3 is 10.1 Å². The molecule has 1 aromatic rings. The van der Waals surface area contributed by atoms with Gasteiger partial charge in [-0.3, -0.25) is 4.79 Å². The molecule has 0 radical (unpaired) electrons. The van der Waals surface area contributed by atoms with E-state index in [1.807, 2.05) is 12.1 Å². The number of nitrogens with one attached hydrogen (secondary N) is 1. The van der Waals surface area contributed by atoms with Crippen LogP contribution in [0.1, 0.15) is 24.0 Å². The minimum absolute atomic E-state index is 0.172. The van der Waals surface area contributed by atoms with E-state index in [-0.39, 0.29) is 12.4 Å². The highest BCUT2D eigenvalue weighted by atomic mass is 16.5. The van der Waals surface area contributed by atoms with Crippen LogP contribution >= 0.6 is 0 Å². The largest absolute Gasteiger partial charge is 0.463 e. The summed E-state index contributed by atoms with van der Waals surface area (Å²) < 4.78 is 4.83. The lowest BCUT2D eigenvalue weighted by atomic mass is 10.0. The summed E-state index contributed by atoms with van der Waals surface area (Å²) in [5, 5.41) is 3.30. The quantitative estimate of drug-likeness (QED) is 0.470. The number of esters is 1. The van der Waals surface area contributed by atoms with Crippen LogP contribution in [0.25, 0.3) is 0 Å². The summed E-state index contributed by atoms with van der Waals surface area (Å²) in [4.78, 5) is 22.7. The van der Waals surface area contributed by atoms with E-state index >= 15 is 0 Å². The molecule has 0 unspecified atom stereocenters. The molecule has 20 heavy (non-hydrogen) atoms. The Hall–Kier alpha value is -2.10. The average Bonchev–Trinajstić information content (AvgIpc) is 2.90. The molecule has 1 aliphatic heterocycles. The number of hydrogen-bond donors (Lipinski definition) is 1. The van der Waals surface area contributed by atoms with Crippen molar-refractivity contribution in [1.82, 2.24) is 0 Å². The Morgan fingerprint density at radius 2 is 2.25 bits per heavy atom. The third-order valence-electron chi connectivity index (χ3n) is 3.29. The maximum Gasteiger partial charge on any atom is 0.330 e. The van der Waals surface area contributed by atoms with E-state index in [4.69, 9.17) is 4.74 Å². The van der Waals surface area contributed by atoms with Gasteiger partial charge in [0, 0.05) is 31.1 Å². The molecular weight excluding hydrogens is 254 g/mol. The molecule has 0 spiro atoms. The van der Waals surface area contributed by atoms with E-state index in [0.29, 0.717) is 19.3 Å². The van der Waals surface area contributed by atoms with Crippen LogP contribution in [0.2, 0.25) is 0 Å². The lowest BCUT2D eigenvalue weighted by Crippen LogP contribution is -2.07. The van der Waals surface area contributed by atoms with Gasteiger partial charge in [-0.05, 0) is 30.0 Å². The summed E-state index contributed by atoms with van der Waals surface area (Å²) in [6, 6.07) is 6.13. The minimum Gasteiger partial charge on any atom is -0.463 e. The Labute approximate surface area is 118 Å². The second-order valence-electron chi connectivity index (χ2n) is 4.86. The van der Waals surface area contributed by atoms with Crippen LogP contribution in [0.4, 0.5) is 5.69 Å². The molecule has 0 saturated carbocycles. The fourth-order valence-electron chi connectivity index (χ4n) is 2.29. The zero-order valence-electron chi connectivity index (χ0n) is 11.5. The Bertz CT molecular complexity index is 522. The first-order valence-corrected chi connectivity index (χ1v) is 6.85. The summed E-state index contributed by atoms with van der Waals surface area (Å²) in [7, 11) is 0. The molecule has 0 saturated heterocycles. The highest BCUT2D eigenvalue weighted by Crippen LogP contribution is 2.23.